The molecule has 4 heteroatoms. The number of rotatable bonds is 4. The van der Waals surface area contributed by atoms with Crippen LogP contribution in [-0.2, 0) is 13.1 Å². The Hall–Kier alpha value is -2.28. The molecule has 1 aromatic carbocycles. The van der Waals surface area contributed by atoms with Crippen molar-refractivity contribution in [2.45, 2.75) is 20.0 Å². The van der Waals surface area contributed by atoms with Crippen LogP contribution in [0.1, 0.15) is 18.1 Å². The maximum atomic E-state index is 13.4. The van der Waals surface area contributed by atoms with Crippen molar-refractivity contribution < 1.29 is 4.39 Å². The average molecular weight is 243 g/mol. The van der Waals surface area contributed by atoms with Crippen LogP contribution in [0.25, 0.3) is 0 Å². The Morgan fingerprint density at radius 2 is 2.22 bits per heavy atom. The Morgan fingerprint density at radius 1 is 1.39 bits per heavy atom. The van der Waals surface area contributed by atoms with Crippen molar-refractivity contribution in [3.05, 3.63) is 53.6 Å². The maximum Gasteiger partial charge on any atom is 0.143 e. The van der Waals surface area contributed by atoms with Crippen molar-refractivity contribution in [1.82, 2.24) is 4.57 Å². The molecule has 2 aromatic rings. The highest BCUT2D eigenvalue weighted by molar-refractivity contribution is 5.58. The zero-order valence-electron chi connectivity index (χ0n) is 10.2. The summed E-state index contributed by atoms with van der Waals surface area (Å²) < 4.78 is 15.4. The fourth-order valence-electron chi connectivity index (χ4n) is 1.77. The number of nitriles is 1. The maximum absolute atomic E-state index is 13.4. The van der Waals surface area contributed by atoms with Crippen LogP contribution in [0.15, 0.2) is 36.7 Å². The first-order chi connectivity index (χ1) is 8.74. The molecular formula is C14H14FN3. The first kappa shape index (κ1) is 12.2. The van der Waals surface area contributed by atoms with Crippen molar-refractivity contribution in [1.29, 1.82) is 5.26 Å². The predicted molar refractivity (Wildman–Crippen MR) is 68.5 cm³/mol. The third kappa shape index (κ3) is 2.51. The van der Waals surface area contributed by atoms with Gasteiger partial charge in [-0.05, 0) is 30.7 Å². The SMILES string of the molecule is CCn1ccc(CNc2cccc(F)c2C#N)c1. The van der Waals surface area contributed by atoms with Gasteiger partial charge in [-0.15, -0.1) is 0 Å². The summed E-state index contributed by atoms with van der Waals surface area (Å²) in [6.07, 6.45) is 4.02. The molecule has 1 heterocycles. The van der Waals surface area contributed by atoms with Gasteiger partial charge in [0, 0.05) is 25.5 Å². The van der Waals surface area contributed by atoms with Gasteiger partial charge in [0.05, 0.1) is 5.69 Å². The van der Waals surface area contributed by atoms with Gasteiger partial charge in [-0.3, -0.25) is 0 Å². The number of hydrogen-bond donors (Lipinski definition) is 1. The van der Waals surface area contributed by atoms with Crippen LogP contribution < -0.4 is 5.32 Å². The normalized spacial score (nSPS) is 10.1. The highest BCUT2D eigenvalue weighted by atomic mass is 19.1. The van der Waals surface area contributed by atoms with Crippen molar-refractivity contribution >= 4 is 5.69 Å². The first-order valence-electron chi connectivity index (χ1n) is 5.81. The minimum atomic E-state index is -0.492. The largest absolute Gasteiger partial charge is 0.380 e. The van der Waals surface area contributed by atoms with Crippen molar-refractivity contribution in [2.75, 3.05) is 5.32 Å². The number of benzene rings is 1. The van der Waals surface area contributed by atoms with Gasteiger partial charge in [0.1, 0.15) is 17.4 Å². The second-order valence-corrected chi connectivity index (χ2v) is 3.98. The molecular weight excluding hydrogens is 229 g/mol. The summed E-state index contributed by atoms with van der Waals surface area (Å²) in [7, 11) is 0. The van der Waals surface area contributed by atoms with E-state index >= 15 is 0 Å². The zero-order chi connectivity index (χ0) is 13.0. The van der Waals surface area contributed by atoms with E-state index in [2.05, 4.69) is 16.8 Å². The van der Waals surface area contributed by atoms with E-state index in [0.717, 1.165) is 12.1 Å². The van der Waals surface area contributed by atoms with Crippen LogP contribution in [-0.4, -0.2) is 4.57 Å². The van der Waals surface area contributed by atoms with Crippen LogP contribution in [0.4, 0.5) is 10.1 Å². The molecule has 0 spiro atoms. The second kappa shape index (κ2) is 5.37. The quantitative estimate of drug-likeness (QED) is 0.896. The van der Waals surface area contributed by atoms with E-state index in [9.17, 15) is 4.39 Å². The van der Waals surface area contributed by atoms with Gasteiger partial charge >= 0.3 is 0 Å². The minimum absolute atomic E-state index is 0.0624. The number of aryl methyl sites for hydroxylation is 1. The van der Waals surface area contributed by atoms with E-state index in [1.54, 1.807) is 12.1 Å². The number of anilines is 1. The average Bonchev–Trinajstić information content (AvgIpc) is 2.84. The monoisotopic (exact) mass is 243 g/mol. The molecule has 92 valence electrons. The van der Waals surface area contributed by atoms with Gasteiger partial charge in [-0.1, -0.05) is 6.07 Å². The Kier molecular flexibility index (Phi) is 3.63. The molecule has 0 atom stereocenters. The van der Waals surface area contributed by atoms with Crippen LogP contribution in [0.2, 0.25) is 0 Å². The predicted octanol–water partition coefficient (Wildman–Crippen LogP) is 3.13. The summed E-state index contributed by atoms with van der Waals surface area (Å²) in [5.41, 5.74) is 1.69. The molecule has 1 aromatic heterocycles. The molecule has 18 heavy (non-hydrogen) atoms. The third-order valence-electron chi connectivity index (χ3n) is 2.79. The van der Waals surface area contributed by atoms with Gasteiger partial charge in [-0.2, -0.15) is 5.26 Å². The lowest BCUT2D eigenvalue weighted by molar-refractivity contribution is 0.624. The molecule has 0 aliphatic carbocycles. The highest BCUT2D eigenvalue weighted by Gasteiger charge is 2.07. The highest BCUT2D eigenvalue weighted by Crippen LogP contribution is 2.18. The van der Waals surface area contributed by atoms with Crippen molar-refractivity contribution in [2.24, 2.45) is 0 Å². The summed E-state index contributed by atoms with van der Waals surface area (Å²) >= 11 is 0. The van der Waals surface area contributed by atoms with E-state index < -0.39 is 5.82 Å². The summed E-state index contributed by atoms with van der Waals surface area (Å²) in [6, 6.07) is 8.46. The summed E-state index contributed by atoms with van der Waals surface area (Å²) in [5, 5.41) is 12.0. The standard InChI is InChI=1S/C14H14FN3/c1-2-18-7-6-11(10-18)9-17-14-5-3-4-13(15)12(14)8-16/h3-7,10,17H,2,9H2,1H3. The molecule has 2 rings (SSSR count). The summed E-state index contributed by atoms with van der Waals surface area (Å²) in [5.74, 6) is -0.492. The molecule has 0 bridgehead atoms. The van der Waals surface area contributed by atoms with Gasteiger partial charge in [0.25, 0.3) is 0 Å². The summed E-state index contributed by atoms with van der Waals surface area (Å²) in [6.45, 7) is 3.56. The Labute approximate surface area is 105 Å². The Morgan fingerprint density at radius 3 is 2.89 bits per heavy atom. The fourth-order valence-corrected chi connectivity index (χ4v) is 1.77. The van der Waals surface area contributed by atoms with E-state index in [0.29, 0.717) is 12.2 Å². The third-order valence-corrected chi connectivity index (χ3v) is 2.79. The fraction of sp³-hybridized carbons (Fsp3) is 0.214. The van der Waals surface area contributed by atoms with Gasteiger partial charge < -0.3 is 9.88 Å². The van der Waals surface area contributed by atoms with E-state index in [1.807, 2.05) is 24.5 Å². The molecule has 3 nitrogen and oxygen atoms in total. The summed E-state index contributed by atoms with van der Waals surface area (Å²) in [4.78, 5) is 0. The first-order valence-corrected chi connectivity index (χ1v) is 5.81. The van der Waals surface area contributed by atoms with E-state index in [4.69, 9.17) is 5.26 Å². The number of halogens is 1. The topological polar surface area (TPSA) is 40.8 Å². The second-order valence-electron chi connectivity index (χ2n) is 3.98. The van der Waals surface area contributed by atoms with Crippen LogP contribution in [0.3, 0.4) is 0 Å². The lowest BCUT2D eigenvalue weighted by Crippen LogP contribution is -2.02. The van der Waals surface area contributed by atoms with Gasteiger partial charge in [0.2, 0.25) is 0 Å². The minimum Gasteiger partial charge on any atom is -0.380 e. The molecule has 0 fully saturated rings. The molecule has 0 saturated heterocycles. The Balaban J connectivity index is 2.11. The van der Waals surface area contributed by atoms with Crippen LogP contribution in [0, 0.1) is 17.1 Å². The molecule has 0 saturated carbocycles. The number of aromatic nitrogens is 1. The van der Waals surface area contributed by atoms with Gasteiger partial charge in [-0.25, -0.2) is 4.39 Å². The van der Waals surface area contributed by atoms with E-state index in [-0.39, 0.29) is 5.56 Å². The van der Waals surface area contributed by atoms with Crippen LogP contribution >= 0.6 is 0 Å². The Bertz CT molecular complexity index is 581. The lowest BCUT2D eigenvalue weighted by atomic mass is 10.2. The van der Waals surface area contributed by atoms with E-state index in [1.165, 1.54) is 6.07 Å². The molecule has 0 radical (unpaired) electrons. The van der Waals surface area contributed by atoms with Crippen LogP contribution in [0.5, 0.6) is 0 Å². The number of nitrogens with one attached hydrogen (secondary N) is 1. The van der Waals surface area contributed by atoms with Crippen molar-refractivity contribution in [3.63, 3.8) is 0 Å². The number of nitrogens with zero attached hydrogens (tertiary/aromatic N) is 2. The lowest BCUT2D eigenvalue weighted by Gasteiger charge is -2.07. The van der Waals surface area contributed by atoms with Gasteiger partial charge in [0.15, 0.2) is 0 Å². The molecule has 0 unspecified atom stereocenters. The van der Waals surface area contributed by atoms with Crippen molar-refractivity contribution in [3.8, 4) is 6.07 Å². The molecule has 0 aliphatic heterocycles. The molecule has 0 aliphatic rings. The molecule has 1 N–H and O–H groups in total. The number of hydrogen-bond acceptors (Lipinski definition) is 2. The molecule has 0 amide bonds. The smallest absolute Gasteiger partial charge is 0.143 e. The zero-order valence-corrected chi connectivity index (χ0v) is 10.2.